The first-order valence-electron chi connectivity index (χ1n) is 17.5. The molecule has 5 heteroatoms. The van der Waals surface area contributed by atoms with Gasteiger partial charge in [0.15, 0.2) is 0 Å². The van der Waals surface area contributed by atoms with E-state index in [1.54, 1.807) is 6.20 Å². The van der Waals surface area contributed by atoms with Crippen LogP contribution in [0.25, 0.3) is 55.6 Å². The number of nitrogens with zero attached hydrogens (tertiary/aromatic N) is 2. The molecule has 8 rings (SSSR count). The van der Waals surface area contributed by atoms with Gasteiger partial charge in [-0.1, -0.05) is 123 Å². The first-order chi connectivity index (χ1) is 23.7. The zero-order valence-corrected chi connectivity index (χ0v) is 31.0. The van der Waals surface area contributed by atoms with E-state index < -0.39 is 14.4 Å². The molecule has 0 unspecified atom stereocenters. The minimum absolute atomic E-state index is 0. The van der Waals surface area contributed by atoms with Crippen molar-refractivity contribution in [2.45, 2.75) is 51.7 Å². The molecular weight excluding hydrogens is 781 g/mol. The minimum atomic E-state index is -1.36. The van der Waals surface area contributed by atoms with Gasteiger partial charge >= 0.3 is 0 Å². The summed E-state index contributed by atoms with van der Waals surface area (Å²) < 4.78 is 23.9. The predicted molar refractivity (Wildman–Crippen MR) is 198 cm³/mol. The number of hydrogen-bond donors (Lipinski definition) is 0. The second-order valence-corrected chi connectivity index (χ2v) is 18.4. The maximum atomic E-state index is 8.78. The van der Waals surface area contributed by atoms with Gasteiger partial charge in [0.05, 0.1) is 13.7 Å². The molecule has 3 heterocycles. The van der Waals surface area contributed by atoms with E-state index in [0.29, 0.717) is 11.3 Å². The fourth-order valence-electron chi connectivity index (χ4n) is 6.25. The molecule has 4 aromatic carbocycles. The third-order valence-electron chi connectivity index (χ3n) is 8.90. The number of aromatic nitrogens is 2. The van der Waals surface area contributed by atoms with Crippen molar-refractivity contribution in [1.29, 1.82) is 0 Å². The Bertz CT molecular complexity index is 2190. The topological polar surface area (TPSA) is 38.9 Å². The molecule has 1 aliphatic rings. The summed E-state index contributed by atoms with van der Waals surface area (Å²) in [5, 5.41) is 3.47. The maximum absolute atomic E-state index is 8.78. The van der Waals surface area contributed by atoms with Crippen molar-refractivity contribution in [2.24, 2.45) is 5.92 Å². The third kappa shape index (κ3) is 7.60. The first kappa shape index (κ1) is 31.1. The number of benzene rings is 4. The van der Waals surface area contributed by atoms with Crippen molar-refractivity contribution < 1.29 is 27.3 Å². The Labute approximate surface area is 301 Å². The number of hydrogen-bond acceptors (Lipinski definition) is 3. The van der Waals surface area contributed by atoms with Crippen LogP contribution >= 0.6 is 0 Å². The molecule has 3 aromatic heterocycles. The standard InChI is InChI=1S/C29H24NO.C14H16NSi.Ir/c1-2-9-22(10-3-1)23-13-14-24-25-11-6-12-26(29(25)31-28(24)19-23)27-18-21(15-16-30-27)17-20-7-4-5-8-20;1-16(2,3)13-9-10-14(15-11-13)12-7-5-4-6-8-12;/h1-3,6,9-11,13-16,18-20H,4-5,7-8,17H2;4-7,9-11H,1-3H3;/q2*-1;/i17D2;;. The summed E-state index contributed by atoms with van der Waals surface area (Å²) in [7, 11) is -1.23. The fourth-order valence-corrected chi connectivity index (χ4v) is 7.29. The molecule has 0 saturated heterocycles. The van der Waals surface area contributed by atoms with Crippen LogP contribution in [0.2, 0.25) is 19.6 Å². The average molecular weight is 823 g/mol. The zero-order valence-electron chi connectivity index (χ0n) is 29.6. The molecule has 1 saturated carbocycles. The third-order valence-corrected chi connectivity index (χ3v) is 10.9. The Balaban J connectivity index is 0.000000215. The Morgan fingerprint density at radius 1 is 0.771 bits per heavy atom. The van der Waals surface area contributed by atoms with Gasteiger partial charge in [0.2, 0.25) is 0 Å². The normalized spacial score (nSPS) is 14.1. The number of pyridine rings is 2. The van der Waals surface area contributed by atoms with Gasteiger partial charge in [-0.15, -0.1) is 54.1 Å². The van der Waals surface area contributed by atoms with Gasteiger partial charge in [-0.05, 0) is 52.1 Å². The minimum Gasteiger partial charge on any atom is -0.501 e. The van der Waals surface area contributed by atoms with Crippen LogP contribution in [0.1, 0.15) is 34.0 Å². The fraction of sp³-hybridized carbons (Fsp3) is 0.209. The Kier molecular flexibility index (Phi) is 9.70. The summed E-state index contributed by atoms with van der Waals surface area (Å²) in [5.74, 6) is 0.0649. The summed E-state index contributed by atoms with van der Waals surface area (Å²) in [5.41, 5.74) is 8.04. The van der Waals surface area contributed by atoms with E-state index in [1.165, 1.54) is 5.19 Å². The largest absolute Gasteiger partial charge is 0.501 e. The molecule has 3 nitrogen and oxygen atoms in total. The van der Waals surface area contributed by atoms with Crippen LogP contribution in [-0.2, 0) is 26.5 Å². The van der Waals surface area contributed by atoms with Crippen LogP contribution in [0.3, 0.4) is 0 Å². The number of rotatable bonds is 6. The van der Waals surface area contributed by atoms with Crippen LogP contribution < -0.4 is 5.19 Å². The van der Waals surface area contributed by atoms with Gasteiger partial charge in [0.25, 0.3) is 0 Å². The molecule has 0 N–H and O–H groups in total. The second kappa shape index (κ2) is 14.9. The molecule has 48 heavy (non-hydrogen) atoms. The van der Waals surface area contributed by atoms with Crippen molar-refractivity contribution in [3.05, 3.63) is 139 Å². The molecule has 0 spiro atoms. The summed E-state index contributed by atoms with van der Waals surface area (Å²) in [6.45, 7) is 7.00. The zero-order chi connectivity index (χ0) is 34.0. The van der Waals surface area contributed by atoms with E-state index in [-0.39, 0.29) is 26.0 Å². The van der Waals surface area contributed by atoms with Gasteiger partial charge in [-0.25, -0.2) is 0 Å². The molecule has 0 amide bonds. The van der Waals surface area contributed by atoms with Crippen LogP contribution in [-0.4, -0.2) is 18.0 Å². The summed E-state index contributed by atoms with van der Waals surface area (Å²) in [4.78, 5) is 9.10. The van der Waals surface area contributed by atoms with Gasteiger partial charge in [-0.3, -0.25) is 0 Å². The van der Waals surface area contributed by atoms with Crippen molar-refractivity contribution >= 4 is 35.2 Å². The van der Waals surface area contributed by atoms with Gasteiger partial charge in [0, 0.05) is 40.6 Å². The molecule has 7 aromatic rings. The van der Waals surface area contributed by atoms with Crippen molar-refractivity contribution in [3.8, 4) is 33.6 Å². The number of furan rings is 1. The van der Waals surface area contributed by atoms with Crippen LogP contribution in [0.4, 0.5) is 0 Å². The second-order valence-electron chi connectivity index (χ2n) is 13.3. The smallest absolute Gasteiger partial charge is 0.121 e. The Morgan fingerprint density at radius 2 is 1.58 bits per heavy atom. The van der Waals surface area contributed by atoms with E-state index in [2.05, 4.69) is 84.2 Å². The van der Waals surface area contributed by atoms with Crippen molar-refractivity contribution in [2.75, 3.05) is 0 Å². The predicted octanol–water partition coefficient (Wildman–Crippen LogP) is 10.9. The number of fused-ring (bicyclic) bond motifs is 3. The van der Waals surface area contributed by atoms with Crippen LogP contribution in [0, 0.1) is 18.1 Å². The van der Waals surface area contributed by atoms with E-state index in [1.807, 2.05) is 72.9 Å². The maximum Gasteiger partial charge on any atom is 0.121 e. The molecule has 243 valence electrons. The van der Waals surface area contributed by atoms with Crippen molar-refractivity contribution in [1.82, 2.24) is 9.97 Å². The average Bonchev–Trinajstić information content (AvgIpc) is 3.82. The van der Waals surface area contributed by atoms with E-state index in [4.69, 9.17) is 7.16 Å². The summed E-state index contributed by atoms with van der Waals surface area (Å²) in [6.07, 6.45) is 6.47. The molecule has 1 fully saturated rings. The molecule has 0 bridgehead atoms. The van der Waals surface area contributed by atoms with Gasteiger partial charge in [0.1, 0.15) is 5.58 Å². The van der Waals surface area contributed by atoms with E-state index in [0.717, 1.165) is 75.6 Å². The van der Waals surface area contributed by atoms with E-state index in [9.17, 15) is 0 Å². The molecule has 0 atom stereocenters. The summed E-state index contributed by atoms with van der Waals surface area (Å²) in [6, 6.07) is 42.9. The SMILES string of the molecule is C[Si](C)(C)c1ccc(-c2[c-]cccc2)nc1.[2H]C([2H])(c1ccnc(-c2[c-]ccc3c2oc2cc(-c4ccccc4)ccc23)c1)C1CCCC1.[Ir]. The Morgan fingerprint density at radius 3 is 2.31 bits per heavy atom. The van der Waals surface area contributed by atoms with Crippen LogP contribution in [0.5, 0.6) is 0 Å². The van der Waals surface area contributed by atoms with Crippen molar-refractivity contribution in [3.63, 3.8) is 0 Å². The first-order valence-corrected chi connectivity index (χ1v) is 20.0. The summed E-state index contributed by atoms with van der Waals surface area (Å²) >= 11 is 0. The van der Waals surface area contributed by atoms with E-state index >= 15 is 0 Å². The molecule has 1 aliphatic carbocycles. The molecule has 1 radical (unpaired) electrons. The molecular formula is C43H40IrN2OSi-2. The van der Waals surface area contributed by atoms with Crippen LogP contribution in [0.15, 0.2) is 126 Å². The van der Waals surface area contributed by atoms with Gasteiger partial charge < -0.3 is 14.4 Å². The molecule has 0 aliphatic heterocycles. The quantitative estimate of drug-likeness (QED) is 0.124. The van der Waals surface area contributed by atoms with Gasteiger partial charge in [-0.2, -0.15) is 0 Å². The monoisotopic (exact) mass is 823 g/mol. The Hall–Kier alpha value is -4.15.